The molecule has 0 spiro atoms. The minimum absolute atomic E-state index is 0.156. The van der Waals surface area contributed by atoms with Crippen LogP contribution >= 0.6 is 12.2 Å². The van der Waals surface area contributed by atoms with E-state index in [4.69, 9.17) is 17.0 Å². The lowest BCUT2D eigenvalue weighted by atomic mass is 10.0. The molecular weight excluding hydrogens is 292 g/mol. The van der Waals surface area contributed by atoms with Gasteiger partial charge in [-0.15, -0.1) is 0 Å². The zero-order chi connectivity index (χ0) is 15.9. The molecule has 2 N–H and O–H groups in total. The molecule has 22 heavy (non-hydrogen) atoms. The maximum absolute atomic E-state index is 5.43. The van der Waals surface area contributed by atoms with E-state index in [-0.39, 0.29) is 6.04 Å². The Bertz CT molecular complexity index is 625. The highest BCUT2D eigenvalue weighted by atomic mass is 32.1. The summed E-state index contributed by atoms with van der Waals surface area (Å²) in [5, 5.41) is 7.12. The van der Waals surface area contributed by atoms with Crippen molar-refractivity contribution in [3.05, 3.63) is 59.7 Å². The van der Waals surface area contributed by atoms with E-state index >= 15 is 0 Å². The fraction of sp³-hybridized carbons (Fsp3) is 0.278. The molecule has 116 valence electrons. The fourth-order valence-corrected chi connectivity index (χ4v) is 2.61. The van der Waals surface area contributed by atoms with Gasteiger partial charge in [-0.25, -0.2) is 0 Å². The molecule has 0 aliphatic carbocycles. The average Bonchev–Trinajstić information content (AvgIpc) is 2.50. The van der Waals surface area contributed by atoms with E-state index in [1.807, 2.05) is 43.3 Å². The third-order valence-corrected chi connectivity index (χ3v) is 3.65. The van der Waals surface area contributed by atoms with Crippen LogP contribution in [0.3, 0.4) is 0 Å². The van der Waals surface area contributed by atoms with E-state index in [9.17, 15) is 0 Å². The normalized spacial score (nSPS) is 11.6. The van der Waals surface area contributed by atoms with E-state index in [1.165, 1.54) is 11.1 Å². The van der Waals surface area contributed by atoms with Crippen LogP contribution in [-0.4, -0.2) is 11.7 Å². The lowest BCUT2D eigenvalue weighted by Gasteiger charge is -2.19. The molecule has 0 fully saturated rings. The van der Waals surface area contributed by atoms with E-state index in [1.54, 1.807) is 0 Å². The van der Waals surface area contributed by atoms with Crippen molar-refractivity contribution in [2.45, 2.75) is 26.8 Å². The maximum Gasteiger partial charge on any atom is 0.171 e. The summed E-state index contributed by atoms with van der Waals surface area (Å²) in [6.07, 6.45) is 0. The molecule has 0 radical (unpaired) electrons. The molecule has 0 saturated carbocycles. The van der Waals surface area contributed by atoms with Gasteiger partial charge in [0.15, 0.2) is 5.11 Å². The largest absolute Gasteiger partial charge is 0.494 e. The Morgan fingerprint density at radius 2 is 1.82 bits per heavy atom. The van der Waals surface area contributed by atoms with Gasteiger partial charge in [0.05, 0.1) is 12.6 Å². The van der Waals surface area contributed by atoms with Gasteiger partial charge in [0.2, 0.25) is 0 Å². The zero-order valence-corrected chi connectivity index (χ0v) is 14.0. The number of benzene rings is 2. The van der Waals surface area contributed by atoms with Gasteiger partial charge in [0, 0.05) is 5.69 Å². The van der Waals surface area contributed by atoms with E-state index in [0.717, 1.165) is 11.4 Å². The van der Waals surface area contributed by atoms with Crippen LogP contribution in [0.25, 0.3) is 0 Å². The van der Waals surface area contributed by atoms with Crippen molar-refractivity contribution in [2.24, 2.45) is 0 Å². The minimum Gasteiger partial charge on any atom is -0.494 e. The Labute approximate surface area is 137 Å². The molecule has 0 aliphatic rings. The Balaban J connectivity index is 1.93. The van der Waals surface area contributed by atoms with E-state index in [2.05, 4.69) is 36.6 Å². The fourth-order valence-electron chi connectivity index (χ4n) is 2.32. The predicted molar refractivity (Wildman–Crippen MR) is 96.6 cm³/mol. The molecule has 4 heteroatoms. The van der Waals surface area contributed by atoms with Gasteiger partial charge < -0.3 is 15.4 Å². The quantitative estimate of drug-likeness (QED) is 0.799. The van der Waals surface area contributed by atoms with Crippen LogP contribution in [0.15, 0.2) is 48.5 Å². The number of anilines is 1. The Kier molecular flexibility index (Phi) is 5.78. The second-order valence-electron chi connectivity index (χ2n) is 5.13. The van der Waals surface area contributed by atoms with Crippen LogP contribution in [0.2, 0.25) is 0 Å². The van der Waals surface area contributed by atoms with Gasteiger partial charge in [-0.1, -0.05) is 24.3 Å². The second-order valence-corrected chi connectivity index (χ2v) is 5.54. The molecule has 0 heterocycles. The Morgan fingerprint density at radius 1 is 1.14 bits per heavy atom. The van der Waals surface area contributed by atoms with Crippen LogP contribution in [0.1, 0.15) is 31.0 Å². The van der Waals surface area contributed by atoms with Crippen molar-refractivity contribution in [1.82, 2.24) is 5.32 Å². The molecule has 2 aromatic rings. The summed E-state index contributed by atoms with van der Waals surface area (Å²) in [7, 11) is 0. The van der Waals surface area contributed by atoms with Crippen molar-refractivity contribution in [3.8, 4) is 5.75 Å². The third kappa shape index (κ3) is 4.46. The molecule has 3 nitrogen and oxygen atoms in total. The lowest BCUT2D eigenvalue weighted by Crippen LogP contribution is -2.31. The first-order valence-corrected chi connectivity index (χ1v) is 7.87. The first-order valence-electron chi connectivity index (χ1n) is 7.46. The summed E-state index contributed by atoms with van der Waals surface area (Å²) in [4.78, 5) is 0. The molecule has 2 aromatic carbocycles. The van der Waals surface area contributed by atoms with Gasteiger partial charge in [-0.05, 0) is 68.4 Å². The molecule has 1 atom stereocenters. The summed E-state index contributed by atoms with van der Waals surface area (Å²) in [5.41, 5.74) is 3.45. The van der Waals surface area contributed by atoms with Gasteiger partial charge in [-0.2, -0.15) is 0 Å². The summed E-state index contributed by atoms with van der Waals surface area (Å²) in [6, 6.07) is 16.2. The van der Waals surface area contributed by atoms with Crippen molar-refractivity contribution in [1.29, 1.82) is 0 Å². The molecule has 0 amide bonds. The predicted octanol–water partition coefficient (Wildman–Crippen LogP) is 4.44. The highest BCUT2D eigenvalue weighted by Crippen LogP contribution is 2.18. The molecule has 0 aliphatic heterocycles. The average molecular weight is 314 g/mol. The standard InChI is InChI=1S/C18H22N2OS/c1-4-21-16-11-9-15(10-12-16)20-18(22)19-14(3)17-8-6-5-7-13(17)2/h5-12,14H,4H2,1-3H3,(H2,19,20,22)/t14-/m0/s1. The number of ether oxygens (including phenoxy) is 1. The smallest absolute Gasteiger partial charge is 0.171 e. The molecule has 2 rings (SSSR count). The first kappa shape index (κ1) is 16.3. The SMILES string of the molecule is CCOc1ccc(NC(=S)N[C@@H](C)c2ccccc2C)cc1. The molecule has 0 unspecified atom stereocenters. The number of aryl methyl sites for hydroxylation is 1. The monoisotopic (exact) mass is 314 g/mol. The summed E-state index contributed by atoms with van der Waals surface area (Å²) < 4.78 is 5.43. The van der Waals surface area contributed by atoms with Gasteiger partial charge in [0.25, 0.3) is 0 Å². The summed E-state index contributed by atoms with van der Waals surface area (Å²) in [5.74, 6) is 0.861. The van der Waals surface area contributed by atoms with Crippen LogP contribution < -0.4 is 15.4 Å². The zero-order valence-electron chi connectivity index (χ0n) is 13.2. The number of rotatable bonds is 5. The maximum atomic E-state index is 5.43. The van der Waals surface area contributed by atoms with Crippen LogP contribution in [0.5, 0.6) is 5.75 Å². The molecule has 0 aromatic heterocycles. The van der Waals surface area contributed by atoms with Crippen molar-refractivity contribution in [2.75, 3.05) is 11.9 Å². The van der Waals surface area contributed by atoms with Gasteiger partial charge in [-0.3, -0.25) is 0 Å². The van der Waals surface area contributed by atoms with E-state index < -0.39 is 0 Å². The molecule has 0 saturated heterocycles. The number of hydrogen-bond acceptors (Lipinski definition) is 2. The highest BCUT2D eigenvalue weighted by Gasteiger charge is 2.09. The highest BCUT2D eigenvalue weighted by molar-refractivity contribution is 7.80. The lowest BCUT2D eigenvalue weighted by molar-refractivity contribution is 0.340. The van der Waals surface area contributed by atoms with Crippen molar-refractivity contribution >= 4 is 23.0 Å². The topological polar surface area (TPSA) is 33.3 Å². The number of nitrogens with one attached hydrogen (secondary N) is 2. The first-order chi connectivity index (χ1) is 10.6. The number of hydrogen-bond donors (Lipinski definition) is 2. The summed E-state index contributed by atoms with van der Waals surface area (Å²) in [6.45, 7) is 6.85. The molecular formula is C18H22N2OS. The minimum atomic E-state index is 0.156. The number of thiocarbonyl (C=S) groups is 1. The van der Waals surface area contributed by atoms with Crippen molar-refractivity contribution in [3.63, 3.8) is 0 Å². The Hall–Kier alpha value is -2.07. The van der Waals surface area contributed by atoms with Crippen LogP contribution in [0.4, 0.5) is 5.69 Å². The van der Waals surface area contributed by atoms with Crippen LogP contribution in [0, 0.1) is 6.92 Å². The van der Waals surface area contributed by atoms with Gasteiger partial charge >= 0.3 is 0 Å². The Morgan fingerprint density at radius 3 is 2.45 bits per heavy atom. The van der Waals surface area contributed by atoms with Gasteiger partial charge in [0.1, 0.15) is 5.75 Å². The third-order valence-electron chi connectivity index (χ3n) is 3.43. The summed E-state index contributed by atoms with van der Waals surface area (Å²) >= 11 is 5.39. The van der Waals surface area contributed by atoms with Crippen LogP contribution in [-0.2, 0) is 0 Å². The second kappa shape index (κ2) is 7.80. The molecule has 0 bridgehead atoms. The van der Waals surface area contributed by atoms with Crippen molar-refractivity contribution < 1.29 is 4.74 Å². The van der Waals surface area contributed by atoms with E-state index in [0.29, 0.717) is 11.7 Å².